The van der Waals surface area contributed by atoms with E-state index in [0.717, 1.165) is 57.8 Å². The van der Waals surface area contributed by atoms with Crippen LogP contribution in [0.25, 0.3) is 0 Å². The van der Waals surface area contributed by atoms with Crippen LogP contribution < -0.4 is 0 Å². The van der Waals surface area contributed by atoms with E-state index in [0.29, 0.717) is 6.42 Å². The third kappa shape index (κ3) is 14.6. The average molecular weight is 397 g/mol. The zero-order valence-electron chi connectivity index (χ0n) is 17.5. The minimum absolute atomic E-state index is 0.160. The smallest absolute Gasteiger partial charge is 0.305 e. The van der Waals surface area contributed by atoms with Crippen molar-refractivity contribution in [2.75, 3.05) is 26.4 Å². The normalized spacial score (nSPS) is 12.6. The SMILES string of the molecule is CC/C=C\C/C=C\C/C=C\CCCCCCCC(=O)OCC(CO)(CO)CO. The molecule has 0 unspecified atom stereocenters. The van der Waals surface area contributed by atoms with Crippen LogP contribution in [0.4, 0.5) is 0 Å². The van der Waals surface area contributed by atoms with Gasteiger partial charge in [0.05, 0.1) is 25.2 Å². The highest BCUT2D eigenvalue weighted by Crippen LogP contribution is 2.16. The van der Waals surface area contributed by atoms with Gasteiger partial charge in [0.15, 0.2) is 0 Å². The van der Waals surface area contributed by atoms with Gasteiger partial charge in [-0.15, -0.1) is 0 Å². The fourth-order valence-electron chi connectivity index (χ4n) is 2.48. The first kappa shape index (κ1) is 26.6. The molecule has 0 rings (SSSR count). The Morgan fingerprint density at radius 2 is 1.32 bits per heavy atom. The van der Waals surface area contributed by atoms with Gasteiger partial charge in [0.25, 0.3) is 0 Å². The number of carbonyl (C=O) groups excluding carboxylic acids is 1. The third-order valence-corrected chi connectivity index (χ3v) is 4.58. The Labute approximate surface area is 170 Å². The summed E-state index contributed by atoms with van der Waals surface area (Å²) >= 11 is 0. The second-order valence-corrected chi connectivity index (χ2v) is 7.24. The number of unbranched alkanes of at least 4 members (excludes halogenated alkanes) is 5. The van der Waals surface area contributed by atoms with Crippen molar-refractivity contribution < 1.29 is 24.9 Å². The molecular weight excluding hydrogens is 356 g/mol. The second kappa shape index (κ2) is 18.9. The van der Waals surface area contributed by atoms with Crippen LogP contribution in [0.2, 0.25) is 0 Å². The molecule has 0 fully saturated rings. The molecule has 5 heteroatoms. The predicted octanol–water partition coefficient (Wildman–Crippen LogP) is 4.08. The topological polar surface area (TPSA) is 87.0 Å². The van der Waals surface area contributed by atoms with Crippen molar-refractivity contribution in [3.63, 3.8) is 0 Å². The number of allylic oxidation sites excluding steroid dienone is 6. The average Bonchev–Trinajstić information content (AvgIpc) is 2.72. The Kier molecular flexibility index (Phi) is 17.9. The number of aliphatic hydroxyl groups is 3. The first-order valence-electron chi connectivity index (χ1n) is 10.6. The summed E-state index contributed by atoms with van der Waals surface area (Å²) in [7, 11) is 0. The zero-order valence-corrected chi connectivity index (χ0v) is 17.5. The minimum atomic E-state index is -1.15. The molecule has 0 aliphatic carbocycles. The molecule has 0 bridgehead atoms. The van der Waals surface area contributed by atoms with Crippen molar-refractivity contribution in [1.29, 1.82) is 0 Å². The fourth-order valence-corrected chi connectivity index (χ4v) is 2.48. The largest absolute Gasteiger partial charge is 0.465 e. The Balaban J connectivity index is 3.55. The van der Waals surface area contributed by atoms with Crippen molar-refractivity contribution in [2.45, 2.75) is 71.1 Å². The minimum Gasteiger partial charge on any atom is -0.465 e. The van der Waals surface area contributed by atoms with E-state index < -0.39 is 25.2 Å². The van der Waals surface area contributed by atoms with Gasteiger partial charge in [-0.3, -0.25) is 4.79 Å². The van der Waals surface area contributed by atoms with Crippen LogP contribution in [0.1, 0.15) is 71.1 Å². The van der Waals surface area contributed by atoms with Gasteiger partial charge in [-0.05, 0) is 38.5 Å². The zero-order chi connectivity index (χ0) is 20.9. The summed E-state index contributed by atoms with van der Waals surface area (Å²) in [6.45, 7) is 0.711. The molecule has 0 atom stereocenters. The summed E-state index contributed by atoms with van der Waals surface area (Å²) in [5, 5.41) is 27.6. The van der Waals surface area contributed by atoms with E-state index in [4.69, 9.17) is 4.74 Å². The first-order chi connectivity index (χ1) is 13.6. The van der Waals surface area contributed by atoms with E-state index in [9.17, 15) is 20.1 Å². The molecule has 0 heterocycles. The lowest BCUT2D eigenvalue weighted by Crippen LogP contribution is -2.39. The second-order valence-electron chi connectivity index (χ2n) is 7.24. The number of ether oxygens (including phenoxy) is 1. The molecule has 0 radical (unpaired) electrons. The van der Waals surface area contributed by atoms with Gasteiger partial charge in [-0.1, -0.05) is 62.6 Å². The van der Waals surface area contributed by atoms with E-state index in [1.165, 1.54) is 0 Å². The molecule has 5 nitrogen and oxygen atoms in total. The van der Waals surface area contributed by atoms with Crippen molar-refractivity contribution in [3.8, 4) is 0 Å². The number of hydrogen-bond acceptors (Lipinski definition) is 5. The Morgan fingerprint density at radius 3 is 1.93 bits per heavy atom. The molecule has 162 valence electrons. The molecule has 0 saturated carbocycles. The Hall–Kier alpha value is -1.43. The van der Waals surface area contributed by atoms with Gasteiger partial charge in [0.1, 0.15) is 6.61 Å². The maximum Gasteiger partial charge on any atom is 0.305 e. The molecule has 28 heavy (non-hydrogen) atoms. The number of carbonyl (C=O) groups is 1. The number of aliphatic hydroxyl groups excluding tert-OH is 3. The maximum absolute atomic E-state index is 11.7. The van der Waals surface area contributed by atoms with E-state index in [-0.39, 0.29) is 12.6 Å². The van der Waals surface area contributed by atoms with Crippen LogP contribution in [0.15, 0.2) is 36.5 Å². The molecule has 0 aliphatic rings. The molecule has 0 amide bonds. The number of hydrogen-bond donors (Lipinski definition) is 3. The fraction of sp³-hybridized carbons (Fsp3) is 0.696. The quantitative estimate of drug-likeness (QED) is 0.185. The number of rotatable bonds is 18. The molecule has 0 saturated heterocycles. The lowest BCUT2D eigenvalue weighted by Gasteiger charge is -2.26. The van der Waals surface area contributed by atoms with Crippen LogP contribution in [-0.2, 0) is 9.53 Å². The maximum atomic E-state index is 11.7. The Morgan fingerprint density at radius 1 is 0.786 bits per heavy atom. The predicted molar refractivity (Wildman–Crippen MR) is 114 cm³/mol. The van der Waals surface area contributed by atoms with E-state index in [2.05, 4.69) is 43.4 Å². The van der Waals surface area contributed by atoms with E-state index in [1.54, 1.807) is 0 Å². The van der Waals surface area contributed by atoms with Crippen LogP contribution in [0.5, 0.6) is 0 Å². The lowest BCUT2D eigenvalue weighted by molar-refractivity contribution is -0.151. The number of esters is 1. The molecule has 0 aromatic carbocycles. The van der Waals surface area contributed by atoms with Gasteiger partial charge in [0.2, 0.25) is 0 Å². The van der Waals surface area contributed by atoms with E-state index in [1.807, 2.05) is 0 Å². The van der Waals surface area contributed by atoms with Crippen LogP contribution >= 0.6 is 0 Å². The molecule has 3 N–H and O–H groups in total. The summed E-state index contributed by atoms with van der Waals surface area (Å²) in [6.07, 6.45) is 22.9. The summed E-state index contributed by atoms with van der Waals surface area (Å²) in [5.41, 5.74) is -1.15. The summed E-state index contributed by atoms with van der Waals surface area (Å²) in [4.78, 5) is 11.7. The highest BCUT2D eigenvalue weighted by Gasteiger charge is 2.29. The van der Waals surface area contributed by atoms with Crippen molar-refractivity contribution >= 4 is 5.97 Å². The Bertz CT molecular complexity index is 442. The lowest BCUT2D eigenvalue weighted by atomic mass is 9.93. The van der Waals surface area contributed by atoms with Gasteiger partial charge < -0.3 is 20.1 Å². The highest BCUT2D eigenvalue weighted by molar-refractivity contribution is 5.69. The summed E-state index contributed by atoms with van der Waals surface area (Å²) < 4.78 is 5.06. The standard InChI is InChI=1S/C23H40O5/c1-2-3-4-5-6-7-8-9-10-11-12-13-14-15-16-17-22(27)28-21-23(18-24,19-25)20-26/h3-4,6-7,9-10,24-26H,2,5,8,11-21H2,1H3/b4-3-,7-6-,10-9-. The molecule has 0 aromatic heterocycles. The summed E-state index contributed by atoms with van der Waals surface area (Å²) in [6, 6.07) is 0. The molecule has 0 aromatic rings. The van der Waals surface area contributed by atoms with Crippen LogP contribution in [-0.4, -0.2) is 47.7 Å². The van der Waals surface area contributed by atoms with Gasteiger partial charge in [-0.25, -0.2) is 0 Å². The van der Waals surface area contributed by atoms with Gasteiger partial charge >= 0.3 is 5.97 Å². The third-order valence-electron chi connectivity index (χ3n) is 4.58. The monoisotopic (exact) mass is 396 g/mol. The molecular formula is C23H40O5. The van der Waals surface area contributed by atoms with Crippen molar-refractivity contribution in [1.82, 2.24) is 0 Å². The highest BCUT2D eigenvalue weighted by atomic mass is 16.5. The first-order valence-corrected chi connectivity index (χ1v) is 10.6. The van der Waals surface area contributed by atoms with Crippen molar-refractivity contribution in [2.24, 2.45) is 5.41 Å². The van der Waals surface area contributed by atoms with Gasteiger partial charge in [0, 0.05) is 6.42 Å². The molecule has 0 aliphatic heterocycles. The van der Waals surface area contributed by atoms with E-state index >= 15 is 0 Å². The summed E-state index contributed by atoms with van der Waals surface area (Å²) in [5.74, 6) is -0.346. The van der Waals surface area contributed by atoms with Gasteiger partial charge in [-0.2, -0.15) is 0 Å². The van der Waals surface area contributed by atoms with Crippen LogP contribution in [0, 0.1) is 5.41 Å². The van der Waals surface area contributed by atoms with Crippen LogP contribution in [0.3, 0.4) is 0 Å². The molecule has 0 spiro atoms. The van der Waals surface area contributed by atoms with Crippen molar-refractivity contribution in [3.05, 3.63) is 36.5 Å².